The highest BCUT2D eigenvalue weighted by Crippen LogP contribution is 2.35. The van der Waals surface area contributed by atoms with Crippen LogP contribution in [0.2, 0.25) is 25.7 Å². The second-order valence-corrected chi connectivity index (χ2v) is 18.7. The predicted octanol–water partition coefficient (Wildman–Crippen LogP) is 6.19. The Balaban J connectivity index is 1.55. The van der Waals surface area contributed by atoms with Crippen LogP contribution in [0.5, 0.6) is 11.6 Å². The fourth-order valence-corrected chi connectivity index (χ4v) is 5.35. The van der Waals surface area contributed by atoms with Crippen molar-refractivity contribution < 1.29 is 23.8 Å². The van der Waals surface area contributed by atoms with Crippen LogP contribution in [0, 0.1) is 0 Å². The van der Waals surface area contributed by atoms with Gasteiger partial charge in [-0.1, -0.05) is 25.7 Å². The van der Waals surface area contributed by atoms with Gasteiger partial charge < -0.3 is 29.4 Å². The number of aromatic nitrogens is 3. The van der Waals surface area contributed by atoms with Crippen LogP contribution in [0.25, 0.3) is 11.2 Å². The number of nitrogens with zero attached hydrogens (tertiary/aromatic N) is 3. The normalized spacial score (nSPS) is 15.2. The summed E-state index contributed by atoms with van der Waals surface area (Å²) in [5.74, 6) is 0.603. The van der Waals surface area contributed by atoms with E-state index in [1.54, 1.807) is 12.4 Å². The number of alkyl carbamates (subject to hydrolysis) is 1. The van der Waals surface area contributed by atoms with E-state index in [4.69, 9.17) is 14.2 Å². The number of carbonyl (C=O) groups excluding carboxylic acids is 2. The quantitative estimate of drug-likeness (QED) is 0.217. The van der Waals surface area contributed by atoms with Crippen LogP contribution in [0.4, 0.5) is 4.79 Å². The minimum absolute atomic E-state index is 0.0325. The Labute approximate surface area is 243 Å². The maximum absolute atomic E-state index is 13.0. The molecule has 10 nitrogen and oxygen atoms in total. The third kappa shape index (κ3) is 8.29. The molecule has 1 aromatic carbocycles. The van der Waals surface area contributed by atoms with Gasteiger partial charge in [0.2, 0.25) is 5.88 Å². The number of hydrogen-bond acceptors (Lipinski definition) is 7. The van der Waals surface area contributed by atoms with Crippen LogP contribution in [0.3, 0.4) is 0 Å². The second-order valence-electron chi connectivity index (χ2n) is 13.1. The molecule has 11 heteroatoms. The smallest absolute Gasteiger partial charge is 0.408 e. The minimum atomic E-state index is -1.22. The summed E-state index contributed by atoms with van der Waals surface area (Å²) in [7, 11) is -1.22. The lowest BCUT2D eigenvalue weighted by Crippen LogP contribution is -2.34. The zero-order valence-corrected chi connectivity index (χ0v) is 26.5. The molecule has 41 heavy (non-hydrogen) atoms. The van der Waals surface area contributed by atoms with Gasteiger partial charge in [0.25, 0.3) is 5.91 Å². The van der Waals surface area contributed by atoms with Gasteiger partial charge in [-0.05, 0) is 76.8 Å². The third-order valence-corrected chi connectivity index (χ3v) is 8.25. The highest BCUT2D eigenvalue weighted by Gasteiger charge is 2.27. The van der Waals surface area contributed by atoms with E-state index in [-0.39, 0.29) is 30.6 Å². The summed E-state index contributed by atoms with van der Waals surface area (Å²) < 4.78 is 19.3. The summed E-state index contributed by atoms with van der Waals surface area (Å²) in [6.45, 7) is 17.2. The van der Waals surface area contributed by atoms with Crippen LogP contribution in [-0.4, -0.2) is 52.9 Å². The van der Waals surface area contributed by atoms with E-state index in [1.807, 2.05) is 57.4 Å². The highest BCUT2D eigenvalue weighted by molar-refractivity contribution is 6.76. The standard InChI is InChI=1S/C30H43N5O5Si/c1-19(2)32-28(36)23-17-35(18-38-13-14-41(6,7)8)27-26(23)34-25(16-31-27)39-21-11-9-20-10-12-24(22(20)15-21)33-29(37)40-30(3,4)5/h9,11,15-17,19,24H,10,12-14,18H2,1-8H3,(H,32,36)(H,33,37)/t24-/m1/s1. The van der Waals surface area contributed by atoms with Gasteiger partial charge >= 0.3 is 6.09 Å². The molecule has 0 saturated carbocycles. The number of amides is 2. The molecular weight excluding hydrogens is 538 g/mol. The summed E-state index contributed by atoms with van der Waals surface area (Å²) in [6.07, 6.45) is 4.48. The molecule has 0 saturated heterocycles. The molecule has 2 aromatic heterocycles. The van der Waals surface area contributed by atoms with Crippen molar-refractivity contribution in [2.75, 3.05) is 6.61 Å². The molecule has 4 rings (SSSR count). The molecule has 0 radical (unpaired) electrons. The molecular formula is C30H43N5O5Si. The molecule has 2 heterocycles. The van der Waals surface area contributed by atoms with Crippen molar-refractivity contribution in [1.82, 2.24) is 25.2 Å². The van der Waals surface area contributed by atoms with E-state index < -0.39 is 19.8 Å². The number of benzene rings is 1. The topological polar surface area (TPSA) is 117 Å². The molecule has 0 unspecified atom stereocenters. The van der Waals surface area contributed by atoms with Gasteiger partial charge in [-0.3, -0.25) is 4.79 Å². The van der Waals surface area contributed by atoms with Crippen molar-refractivity contribution >= 4 is 31.2 Å². The van der Waals surface area contributed by atoms with E-state index in [0.29, 0.717) is 29.1 Å². The summed E-state index contributed by atoms with van der Waals surface area (Å²) >= 11 is 0. The first-order valence-corrected chi connectivity index (χ1v) is 17.9. The van der Waals surface area contributed by atoms with Gasteiger partial charge in [0.15, 0.2) is 5.65 Å². The third-order valence-electron chi connectivity index (χ3n) is 6.54. The van der Waals surface area contributed by atoms with Gasteiger partial charge in [0, 0.05) is 26.9 Å². The fraction of sp³-hybridized carbons (Fsp3) is 0.533. The van der Waals surface area contributed by atoms with Gasteiger partial charge in [-0.15, -0.1) is 0 Å². The number of nitrogens with one attached hydrogen (secondary N) is 2. The Morgan fingerprint density at radius 2 is 1.95 bits per heavy atom. The summed E-state index contributed by atoms with van der Waals surface area (Å²) in [5, 5.41) is 5.92. The van der Waals surface area contributed by atoms with Crippen LogP contribution < -0.4 is 15.4 Å². The van der Waals surface area contributed by atoms with Crippen LogP contribution in [-0.2, 0) is 22.6 Å². The largest absolute Gasteiger partial charge is 0.444 e. The van der Waals surface area contributed by atoms with Crippen molar-refractivity contribution in [3.63, 3.8) is 0 Å². The summed E-state index contributed by atoms with van der Waals surface area (Å²) in [4.78, 5) is 34.7. The average molecular weight is 582 g/mol. The Hall–Kier alpha value is -3.44. The van der Waals surface area contributed by atoms with Crippen molar-refractivity contribution in [3.05, 3.63) is 47.3 Å². The van der Waals surface area contributed by atoms with Crippen LogP contribution in [0.15, 0.2) is 30.6 Å². The molecule has 0 bridgehead atoms. The minimum Gasteiger partial charge on any atom is -0.444 e. The maximum Gasteiger partial charge on any atom is 0.408 e. The van der Waals surface area contributed by atoms with Gasteiger partial charge in [0.1, 0.15) is 23.6 Å². The van der Waals surface area contributed by atoms with E-state index in [0.717, 1.165) is 30.0 Å². The first-order chi connectivity index (χ1) is 19.2. The molecule has 0 aliphatic heterocycles. The van der Waals surface area contributed by atoms with Crippen molar-refractivity contribution in [2.24, 2.45) is 0 Å². The van der Waals surface area contributed by atoms with Gasteiger partial charge in [-0.25, -0.2) is 14.8 Å². The number of ether oxygens (including phenoxy) is 3. The van der Waals surface area contributed by atoms with Crippen LogP contribution >= 0.6 is 0 Å². The maximum atomic E-state index is 13.0. The predicted molar refractivity (Wildman–Crippen MR) is 161 cm³/mol. The molecule has 1 aliphatic rings. The molecule has 1 atom stereocenters. The fourth-order valence-electron chi connectivity index (χ4n) is 4.59. The highest BCUT2D eigenvalue weighted by atomic mass is 28.3. The van der Waals surface area contributed by atoms with E-state index in [1.165, 1.54) is 0 Å². The molecule has 222 valence electrons. The second kappa shape index (κ2) is 12.2. The van der Waals surface area contributed by atoms with Gasteiger partial charge in [-0.2, -0.15) is 0 Å². The molecule has 2 N–H and O–H groups in total. The SMILES string of the molecule is CC(C)NC(=O)c1cn(COCC[Si](C)(C)C)c2ncc(Oc3ccc4c(c3)[C@H](NC(=O)OC(C)(C)C)CC4)nc12. The Morgan fingerprint density at radius 3 is 2.63 bits per heavy atom. The Morgan fingerprint density at radius 1 is 1.20 bits per heavy atom. The zero-order chi connectivity index (χ0) is 29.9. The lowest BCUT2D eigenvalue weighted by atomic mass is 10.1. The van der Waals surface area contributed by atoms with Crippen molar-refractivity contribution in [3.8, 4) is 11.6 Å². The van der Waals surface area contributed by atoms with E-state index in [9.17, 15) is 9.59 Å². The Bertz CT molecular complexity index is 1410. The van der Waals surface area contributed by atoms with Crippen LogP contribution in [0.1, 0.15) is 68.6 Å². The Kier molecular flexibility index (Phi) is 9.08. The summed E-state index contributed by atoms with van der Waals surface area (Å²) in [6, 6.07) is 6.65. The van der Waals surface area contributed by atoms with E-state index in [2.05, 4.69) is 40.2 Å². The lowest BCUT2D eigenvalue weighted by molar-refractivity contribution is 0.0503. The number of fused-ring (bicyclic) bond motifs is 2. The molecule has 2 amide bonds. The van der Waals surface area contributed by atoms with Crippen molar-refractivity contribution in [2.45, 2.75) is 97.6 Å². The molecule has 0 fully saturated rings. The number of rotatable bonds is 10. The van der Waals surface area contributed by atoms with E-state index >= 15 is 0 Å². The molecule has 0 spiro atoms. The average Bonchev–Trinajstić information content (AvgIpc) is 3.40. The summed E-state index contributed by atoms with van der Waals surface area (Å²) in [5.41, 5.74) is 2.98. The number of hydrogen-bond donors (Lipinski definition) is 2. The first kappa shape index (κ1) is 30.5. The lowest BCUT2D eigenvalue weighted by Gasteiger charge is -2.22. The van der Waals surface area contributed by atoms with Crippen molar-refractivity contribution in [1.29, 1.82) is 0 Å². The molecule has 1 aliphatic carbocycles. The monoisotopic (exact) mass is 581 g/mol. The molecule has 3 aromatic rings. The number of carbonyl (C=O) groups is 2. The first-order valence-electron chi connectivity index (χ1n) is 14.2. The number of aryl methyl sites for hydroxylation is 1. The van der Waals surface area contributed by atoms with Gasteiger partial charge in [0.05, 0.1) is 17.8 Å². The zero-order valence-electron chi connectivity index (χ0n) is 25.5.